The van der Waals surface area contributed by atoms with Crippen molar-refractivity contribution >= 4 is 11.6 Å². The van der Waals surface area contributed by atoms with Crippen LogP contribution < -0.4 is 5.32 Å². The van der Waals surface area contributed by atoms with Crippen LogP contribution in [0.3, 0.4) is 0 Å². The van der Waals surface area contributed by atoms with Crippen molar-refractivity contribution in [2.24, 2.45) is 5.92 Å². The SMILES string of the molecule is CCC1CCCN(CCC(NC)c2cccc(Cl)c2)C1. The van der Waals surface area contributed by atoms with Gasteiger partial charge < -0.3 is 10.2 Å². The molecule has 20 heavy (non-hydrogen) atoms. The topological polar surface area (TPSA) is 15.3 Å². The molecule has 0 saturated carbocycles. The van der Waals surface area contributed by atoms with Crippen LogP contribution in [0.4, 0.5) is 0 Å². The molecule has 2 rings (SSSR count). The first-order valence-electron chi connectivity index (χ1n) is 7.88. The number of benzene rings is 1. The van der Waals surface area contributed by atoms with Gasteiger partial charge in [-0.1, -0.05) is 37.1 Å². The fraction of sp³-hybridized carbons (Fsp3) is 0.647. The van der Waals surface area contributed by atoms with Crippen LogP contribution in [-0.2, 0) is 0 Å². The first-order chi connectivity index (χ1) is 9.72. The van der Waals surface area contributed by atoms with Gasteiger partial charge in [0.1, 0.15) is 0 Å². The molecule has 1 N–H and O–H groups in total. The fourth-order valence-corrected chi connectivity index (χ4v) is 3.40. The van der Waals surface area contributed by atoms with E-state index in [-0.39, 0.29) is 0 Å². The minimum Gasteiger partial charge on any atom is -0.313 e. The van der Waals surface area contributed by atoms with Crippen LogP contribution in [0.1, 0.15) is 44.2 Å². The second-order valence-electron chi connectivity index (χ2n) is 5.90. The molecule has 1 aliphatic heterocycles. The molecule has 2 atom stereocenters. The quantitative estimate of drug-likeness (QED) is 0.849. The van der Waals surface area contributed by atoms with Gasteiger partial charge in [0, 0.05) is 17.6 Å². The van der Waals surface area contributed by atoms with E-state index in [0.29, 0.717) is 6.04 Å². The van der Waals surface area contributed by atoms with Gasteiger partial charge in [-0.15, -0.1) is 0 Å². The number of nitrogens with one attached hydrogen (secondary N) is 1. The third-order valence-corrected chi connectivity index (χ3v) is 4.75. The molecular formula is C17H27ClN2. The Kier molecular flexibility index (Phi) is 6.34. The summed E-state index contributed by atoms with van der Waals surface area (Å²) >= 11 is 6.09. The monoisotopic (exact) mass is 294 g/mol. The van der Waals surface area contributed by atoms with E-state index >= 15 is 0 Å². The lowest BCUT2D eigenvalue weighted by Crippen LogP contribution is -2.37. The molecule has 1 saturated heterocycles. The second kappa shape index (κ2) is 8.02. The molecule has 0 bridgehead atoms. The third kappa shape index (κ3) is 4.47. The number of likely N-dealkylation sites (tertiary alicyclic amines) is 1. The second-order valence-corrected chi connectivity index (χ2v) is 6.34. The maximum atomic E-state index is 6.09. The van der Waals surface area contributed by atoms with Gasteiger partial charge in [-0.3, -0.25) is 0 Å². The molecule has 0 amide bonds. The van der Waals surface area contributed by atoms with Crippen molar-refractivity contribution in [3.63, 3.8) is 0 Å². The minimum atomic E-state index is 0.399. The lowest BCUT2D eigenvalue weighted by atomic mass is 9.95. The van der Waals surface area contributed by atoms with Crippen molar-refractivity contribution in [1.29, 1.82) is 0 Å². The molecule has 1 fully saturated rings. The number of nitrogens with zero attached hydrogens (tertiary/aromatic N) is 1. The van der Waals surface area contributed by atoms with Gasteiger partial charge in [-0.25, -0.2) is 0 Å². The maximum Gasteiger partial charge on any atom is 0.0409 e. The summed E-state index contributed by atoms with van der Waals surface area (Å²) < 4.78 is 0. The molecule has 2 unspecified atom stereocenters. The Labute approximate surface area is 128 Å². The van der Waals surface area contributed by atoms with E-state index in [2.05, 4.69) is 29.3 Å². The Bertz CT molecular complexity index is 408. The van der Waals surface area contributed by atoms with Crippen LogP contribution in [0.2, 0.25) is 5.02 Å². The predicted octanol–water partition coefficient (Wildman–Crippen LogP) is 4.11. The Balaban J connectivity index is 1.87. The first-order valence-corrected chi connectivity index (χ1v) is 8.25. The number of hydrogen-bond acceptors (Lipinski definition) is 2. The Morgan fingerprint density at radius 3 is 3.00 bits per heavy atom. The summed E-state index contributed by atoms with van der Waals surface area (Å²) in [7, 11) is 2.04. The molecular weight excluding hydrogens is 268 g/mol. The van der Waals surface area contributed by atoms with E-state index in [4.69, 9.17) is 11.6 Å². The molecule has 0 radical (unpaired) electrons. The fourth-order valence-electron chi connectivity index (χ4n) is 3.20. The van der Waals surface area contributed by atoms with Crippen LogP contribution in [0, 0.1) is 5.92 Å². The van der Waals surface area contributed by atoms with Gasteiger partial charge in [0.05, 0.1) is 0 Å². The molecule has 0 aliphatic carbocycles. The van der Waals surface area contributed by atoms with Gasteiger partial charge in [0.2, 0.25) is 0 Å². The zero-order valence-electron chi connectivity index (χ0n) is 12.7. The summed E-state index contributed by atoms with van der Waals surface area (Å²) in [6.45, 7) is 6.04. The van der Waals surface area contributed by atoms with Gasteiger partial charge in [-0.05, 0) is 63.0 Å². The zero-order chi connectivity index (χ0) is 14.4. The molecule has 1 aromatic rings. The number of halogens is 1. The first kappa shape index (κ1) is 15.8. The summed E-state index contributed by atoms with van der Waals surface area (Å²) in [5, 5.41) is 4.25. The lowest BCUT2D eigenvalue weighted by Gasteiger charge is -2.33. The molecule has 1 aliphatic rings. The third-order valence-electron chi connectivity index (χ3n) is 4.51. The molecule has 3 heteroatoms. The lowest BCUT2D eigenvalue weighted by molar-refractivity contribution is 0.165. The smallest absolute Gasteiger partial charge is 0.0409 e. The molecule has 1 aromatic carbocycles. The Hall–Kier alpha value is -0.570. The highest BCUT2D eigenvalue weighted by Crippen LogP contribution is 2.23. The number of piperidine rings is 1. The van der Waals surface area contributed by atoms with Crippen molar-refractivity contribution in [2.45, 2.75) is 38.6 Å². The summed E-state index contributed by atoms with van der Waals surface area (Å²) in [6, 6.07) is 8.62. The standard InChI is InChI=1S/C17H27ClN2/c1-3-14-6-5-10-20(13-14)11-9-17(19-2)15-7-4-8-16(18)12-15/h4,7-8,12,14,17,19H,3,5-6,9-11,13H2,1-2H3. The van der Waals surface area contributed by atoms with Crippen molar-refractivity contribution < 1.29 is 0 Å². The van der Waals surface area contributed by atoms with Crippen LogP contribution in [-0.4, -0.2) is 31.6 Å². The van der Waals surface area contributed by atoms with Crippen LogP contribution in [0.5, 0.6) is 0 Å². The summed E-state index contributed by atoms with van der Waals surface area (Å²) in [4.78, 5) is 2.63. The molecule has 0 spiro atoms. The van der Waals surface area contributed by atoms with E-state index in [9.17, 15) is 0 Å². The number of rotatable bonds is 6. The van der Waals surface area contributed by atoms with Gasteiger partial charge in [0.25, 0.3) is 0 Å². The highest BCUT2D eigenvalue weighted by atomic mass is 35.5. The Morgan fingerprint density at radius 2 is 2.30 bits per heavy atom. The van der Waals surface area contributed by atoms with Crippen molar-refractivity contribution in [3.8, 4) is 0 Å². The molecule has 2 nitrogen and oxygen atoms in total. The van der Waals surface area contributed by atoms with E-state index in [1.807, 2.05) is 19.2 Å². The van der Waals surface area contributed by atoms with Gasteiger partial charge >= 0.3 is 0 Å². The summed E-state index contributed by atoms with van der Waals surface area (Å²) in [6.07, 6.45) is 5.24. The number of hydrogen-bond donors (Lipinski definition) is 1. The Morgan fingerprint density at radius 1 is 1.45 bits per heavy atom. The minimum absolute atomic E-state index is 0.399. The van der Waals surface area contributed by atoms with Crippen LogP contribution in [0.15, 0.2) is 24.3 Å². The highest BCUT2D eigenvalue weighted by Gasteiger charge is 2.19. The molecule has 112 valence electrons. The van der Waals surface area contributed by atoms with Crippen LogP contribution in [0.25, 0.3) is 0 Å². The summed E-state index contributed by atoms with van der Waals surface area (Å²) in [5.74, 6) is 0.906. The molecule has 1 heterocycles. The largest absolute Gasteiger partial charge is 0.313 e. The zero-order valence-corrected chi connectivity index (χ0v) is 13.5. The molecule has 0 aromatic heterocycles. The van der Waals surface area contributed by atoms with Crippen molar-refractivity contribution in [2.75, 3.05) is 26.7 Å². The average Bonchev–Trinajstić information content (AvgIpc) is 2.48. The van der Waals surface area contributed by atoms with Crippen LogP contribution >= 0.6 is 11.6 Å². The van der Waals surface area contributed by atoms with E-state index in [1.54, 1.807) is 0 Å². The van der Waals surface area contributed by atoms with E-state index in [1.165, 1.54) is 44.5 Å². The van der Waals surface area contributed by atoms with E-state index in [0.717, 1.165) is 17.4 Å². The van der Waals surface area contributed by atoms with Gasteiger partial charge in [0.15, 0.2) is 0 Å². The summed E-state index contributed by atoms with van der Waals surface area (Å²) in [5.41, 5.74) is 1.30. The maximum absolute atomic E-state index is 6.09. The highest BCUT2D eigenvalue weighted by molar-refractivity contribution is 6.30. The normalized spacial score (nSPS) is 21.9. The van der Waals surface area contributed by atoms with Crippen molar-refractivity contribution in [1.82, 2.24) is 10.2 Å². The average molecular weight is 295 g/mol. The van der Waals surface area contributed by atoms with E-state index < -0.39 is 0 Å². The predicted molar refractivity (Wildman–Crippen MR) is 87.3 cm³/mol. The van der Waals surface area contributed by atoms with Crippen molar-refractivity contribution in [3.05, 3.63) is 34.9 Å². The van der Waals surface area contributed by atoms with Gasteiger partial charge in [-0.2, -0.15) is 0 Å².